The first-order chi connectivity index (χ1) is 14.4. The Hall–Kier alpha value is -2.17. The number of alkyl halides is 3. The van der Waals surface area contributed by atoms with Crippen LogP contribution >= 0.6 is 24.0 Å². The molecule has 0 bridgehead atoms. The Labute approximate surface area is 198 Å². The molecule has 0 saturated carbocycles. The first-order valence-electron chi connectivity index (χ1n) is 9.89. The molecule has 170 valence electrons. The van der Waals surface area contributed by atoms with E-state index in [0.717, 1.165) is 55.2 Å². The predicted octanol–water partition coefficient (Wildman–Crippen LogP) is 4.52. The van der Waals surface area contributed by atoms with Crippen molar-refractivity contribution in [2.45, 2.75) is 19.1 Å². The van der Waals surface area contributed by atoms with Crippen molar-refractivity contribution in [3.8, 4) is 5.75 Å². The van der Waals surface area contributed by atoms with E-state index in [9.17, 15) is 13.2 Å². The van der Waals surface area contributed by atoms with Crippen LogP contribution in [-0.4, -0.2) is 39.8 Å². The van der Waals surface area contributed by atoms with Crippen molar-refractivity contribution in [1.29, 1.82) is 0 Å². The van der Waals surface area contributed by atoms with Gasteiger partial charge in [-0.25, -0.2) is 0 Å². The number of nitrogens with one attached hydrogen (secondary N) is 2. The van der Waals surface area contributed by atoms with Crippen molar-refractivity contribution in [2.75, 3.05) is 38.7 Å². The van der Waals surface area contributed by atoms with Gasteiger partial charge in [0.25, 0.3) is 0 Å². The highest BCUT2D eigenvalue weighted by Crippen LogP contribution is 2.32. The molecule has 1 aliphatic heterocycles. The topological polar surface area (TPSA) is 48.9 Å². The van der Waals surface area contributed by atoms with Gasteiger partial charge in [-0.3, -0.25) is 4.99 Å². The highest BCUT2D eigenvalue weighted by Gasteiger charge is 2.30. The van der Waals surface area contributed by atoms with Gasteiger partial charge in [0.05, 0.1) is 18.4 Å². The van der Waals surface area contributed by atoms with E-state index in [2.05, 4.69) is 26.6 Å². The first-order valence-corrected chi connectivity index (χ1v) is 9.89. The van der Waals surface area contributed by atoms with Crippen molar-refractivity contribution in [3.05, 3.63) is 59.7 Å². The number of hydrogen-bond acceptors (Lipinski definition) is 3. The van der Waals surface area contributed by atoms with Gasteiger partial charge in [-0.05, 0) is 42.2 Å². The Bertz CT molecular complexity index is 859. The van der Waals surface area contributed by atoms with Crippen molar-refractivity contribution in [1.82, 2.24) is 10.6 Å². The van der Waals surface area contributed by atoms with Crippen LogP contribution in [0, 0.1) is 5.92 Å². The van der Waals surface area contributed by atoms with Crippen LogP contribution in [0.4, 0.5) is 18.9 Å². The summed E-state index contributed by atoms with van der Waals surface area (Å²) in [6.45, 7) is 3.04. The maximum Gasteiger partial charge on any atom is 0.416 e. The molecule has 31 heavy (non-hydrogen) atoms. The average molecular weight is 548 g/mol. The number of para-hydroxylation sites is 2. The fraction of sp³-hybridized carbons (Fsp3) is 0.409. The van der Waals surface area contributed by atoms with Crippen molar-refractivity contribution in [2.24, 2.45) is 10.9 Å². The minimum absolute atomic E-state index is 0. The van der Waals surface area contributed by atoms with Gasteiger partial charge >= 0.3 is 6.18 Å². The third-order valence-electron chi connectivity index (χ3n) is 5.23. The second-order valence-corrected chi connectivity index (χ2v) is 7.27. The molecule has 3 rings (SSSR count). The Balaban J connectivity index is 0.00000341. The van der Waals surface area contributed by atoms with Gasteiger partial charge in [0, 0.05) is 33.2 Å². The summed E-state index contributed by atoms with van der Waals surface area (Å²) in [5.74, 6) is 1.96. The maximum absolute atomic E-state index is 12.7. The van der Waals surface area contributed by atoms with Gasteiger partial charge in [0.2, 0.25) is 0 Å². The summed E-state index contributed by atoms with van der Waals surface area (Å²) in [7, 11) is 3.36. The molecular weight excluding hydrogens is 520 g/mol. The van der Waals surface area contributed by atoms with Gasteiger partial charge in [-0.1, -0.05) is 24.3 Å². The Morgan fingerprint density at radius 1 is 1.13 bits per heavy atom. The number of guanidine groups is 1. The smallest absolute Gasteiger partial charge is 0.416 e. The van der Waals surface area contributed by atoms with E-state index in [4.69, 9.17) is 4.74 Å². The molecule has 0 aliphatic carbocycles. The number of ether oxygens (including phenoxy) is 1. The van der Waals surface area contributed by atoms with Crippen LogP contribution in [0.2, 0.25) is 0 Å². The van der Waals surface area contributed by atoms with Gasteiger partial charge in [0.1, 0.15) is 5.75 Å². The van der Waals surface area contributed by atoms with E-state index in [-0.39, 0.29) is 24.0 Å². The van der Waals surface area contributed by atoms with Crippen molar-refractivity contribution >= 4 is 35.6 Å². The molecule has 5 nitrogen and oxygen atoms in total. The Kier molecular flexibility index (Phi) is 9.27. The number of benzene rings is 2. The third kappa shape index (κ3) is 6.91. The van der Waals surface area contributed by atoms with Crippen LogP contribution in [0.5, 0.6) is 5.75 Å². The van der Waals surface area contributed by atoms with E-state index in [0.29, 0.717) is 18.4 Å². The summed E-state index contributed by atoms with van der Waals surface area (Å²) in [6, 6.07) is 13.2. The molecule has 9 heteroatoms. The van der Waals surface area contributed by atoms with Gasteiger partial charge in [0.15, 0.2) is 5.96 Å². The summed E-state index contributed by atoms with van der Waals surface area (Å²) in [5.41, 5.74) is 1.22. The van der Waals surface area contributed by atoms with Crippen LogP contribution < -0.4 is 20.3 Å². The largest absolute Gasteiger partial charge is 0.495 e. The van der Waals surface area contributed by atoms with Crippen molar-refractivity contribution < 1.29 is 17.9 Å². The zero-order chi connectivity index (χ0) is 21.6. The quantitative estimate of drug-likeness (QED) is 0.317. The zero-order valence-electron chi connectivity index (χ0n) is 17.6. The summed E-state index contributed by atoms with van der Waals surface area (Å²) in [4.78, 5) is 6.53. The predicted molar refractivity (Wildman–Crippen MR) is 128 cm³/mol. The SMILES string of the molecule is CN=C(NCc1ccc(C(F)(F)F)cc1)NCC1CCN(c2ccccc2OC)C1.I. The molecule has 1 saturated heterocycles. The molecule has 0 radical (unpaired) electrons. The summed E-state index contributed by atoms with van der Waals surface area (Å²) < 4.78 is 43.4. The van der Waals surface area contributed by atoms with Crippen LogP contribution in [0.1, 0.15) is 17.5 Å². The summed E-state index contributed by atoms with van der Waals surface area (Å²) in [6.07, 6.45) is -3.26. The highest BCUT2D eigenvalue weighted by molar-refractivity contribution is 14.0. The zero-order valence-corrected chi connectivity index (χ0v) is 19.9. The molecule has 2 aromatic rings. The number of halogens is 4. The molecule has 2 N–H and O–H groups in total. The first kappa shape index (κ1) is 25.1. The van der Waals surface area contributed by atoms with Crippen molar-refractivity contribution in [3.63, 3.8) is 0 Å². The van der Waals surface area contributed by atoms with E-state index in [1.165, 1.54) is 12.1 Å². The molecule has 0 amide bonds. The number of aliphatic imine (C=N–C) groups is 1. The molecule has 1 fully saturated rings. The van der Waals surface area contributed by atoms with E-state index in [1.807, 2.05) is 18.2 Å². The lowest BCUT2D eigenvalue weighted by atomic mass is 10.1. The lowest BCUT2D eigenvalue weighted by Crippen LogP contribution is -2.40. The Morgan fingerprint density at radius 2 is 1.84 bits per heavy atom. The standard InChI is InChI=1S/C22H27F3N4O.HI/c1-26-21(27-13-16-7-9-18(10-8-16)22(23,24)25)28-14-17-11-12-29(15-17)19-5-3-4-6-20(19)30-2;/h3-10,17H,11-15H2,1-2H3,(H2,26,27,28);1H. The van der Waals surface area contributed by atoms with Crippen LogP contribution in [0.15, 0.2) is 53.5 Å². The molecule has 0 spiro atoms. The number of rotatable bonds is 6. The number of nitrogens with zero attached hydrogens (tertiary/aromatic N) is 2. The molecule has 1 unspecified atom stereocenters. The minimum atomic E-state index is -4.32. The summed E-state index contributed by atoms with van der Waals surface area (Å²) >= 11 is 0. The number of methoxy groups -OCH3 is 1. The van der Waals surface area contributed by atoms with E-state index in [1.54, 1.807) is 14.2 Å². The lowest BCUT2D eigenvalue weighted by Gasteiger charge is -2.21. The molecule has 2 aromatic carbocycles. The van der Waals surface area contributed by atoms with E-state index >= 15 is 0 Å². The summed E-state index contributed by atoms with van der Waals surface area (Å²) in [5, 5.41) is 6.47. The third-order valence-corrected chi connectivity index (χ3v) is 5.23. The van der Waals surface area contributed by atoms with Gasteiger partial charge in [-0.15, -0.1) is 24.0 Å². The minimum Gasteiger partial charge on any atom is -0.495 e. The second kappa shape index (κ2) is 11.4. The van der Waals surface area contributed by atoms with Crippen LogP contribution in [0.3, 0.4) is 0 Å². The highest BCUT2D eigenvalue weighted by atomic mass is 127. The monoisotopic (exact) mass is 548 g/mol. The molecule has 1 atom stereocenters. The number of hydrogen-bond donors (Lipinski definition) is 2. The van der Waals surface area contributed by atoms with Crippen LogP contribution in [-0.2, 0) is 12.7 Å². The van der Waals surface area contributed by atoms with Crippen LogP contribution in [0.25, 0.3) is 0 Å². The maximum atomic E-state index is 12.7. The molecule has 1 aliphatic rings. The van der Waals surface area contributed by atoms with Gasteiger partial charge in [-0.2, -0.15) is 13.2 Å². The molecular formula is C22H28F3IN4O. The second-order valence-electron chi connectivity index (χ2n) is 7.27. The Morgan fingerprint density at radius 3 is 2.48 bits per heavy atom. The fourth-order valence-corrected chi connectivity index (χ4v) is 3.57. The fourth-order valence-electron chi connectivity index (χ4n) is 3.57. The average Bonchev–Trinajstić information content (AvgIpc) is 3.22. The normalized spacial score (nSPS) is 16.6. The molecule has 1 heterocycles. The lowest BCUT2D eigenvalue weighted by molar-refractivity contribution is -0.137. The number of anilines is 1. The van der Waals surface area contributed by atoms with E-state index < -0.39 is 11.7 Å². The molecule has 0 aromatic heterocycles. The van der Waals surface area contributed by atoms with Gasteiger partial charge < -0.3 is 20.3 Å².